The quantitative estimate of drug-likeness (QED) is 0.857. The lowest BCUT2D eigenvalue weighted by molar-refractivity contribution is 0.0765. The molecule has 20 heavy (non-hydrogen) atoms. The molecule has 0 saturated carbocycles. The zero-order chi connectivity index (χ0) is 13.9. The lowest BCUT2D eigenvalue weighted by Crippen LogP contribution is -2.35. The van der Waals surface area contributed by atoms with Crippen molar-refractivity contribution in [2.45, 2.75) is 12.8 Å². The van der Waals surface area contributed by atoms with Gasteiger partial charge < -0.3 is 15.0 Å². The number of nitrogens with zero attached hydrogens (tertiary/aromatic N) is 1. The number of fused-ring (bicyclic) bond motifs is 1. The number of carbonyl (C=O) groups excluding carboxylic acids is 1. The number of ether oxygens (including phenoxy) is 1. The Labute approximate surface area is 119 Å². The van der Waals surface area contributed by atoms with E-state index in [0.717, 1.165) is 31.5 Å². The maximum absolute atomic E-state index is 12.5. The Balaban J connectivity index is 1.71. The SMILES string of the molecule is COCC1=CCN(C(=O)c2ccc3c(c2)CCN3)CC1. The minimum absolute atomic E-state index is 0.132. The van der Waals surface area contributed by atoms with Crippen molar-refractivity contribution in [2.75, 3.05) is 38.7 Å². The maximum Gasteiger partial charge on any atom is 0.254 e. The number of amides is 1. The van der Waals surface area contributed by atoms with Crippen LogP contribution in [0.25, 0.3) is 0 Å². The highest BCUT2D eigenvalue weighted by molar-refractivity contribution is 5.95. The predicted octanol–water partition coefficient (Wildman–Crippen LogP) is 2.07. The third kappa shape index (κ3) is 2.56. The average Bonchev–Trinajstić information content (AvgIpc) is 2.95. The topological polar surface area (TPSA) is 41.6 Å². The van der Waals surface area contributed by atoms with Crippen LogP contribution in [0, 0.1) is 0 Å². The van der Waals surface area contributed by atoms with Crippen molar-refractivity contribution in [1.29, 1.82) is 0 Å². The smallest absolute Gasteiger partial charge is 0.254 e. The molecule has 1 aromatic carbocycles. The first-order valence-corrected chi connectivity index (χ1v) is 7.11. The van der Waals surface area contributed by atoms with E-state index in [1.54, 1.807) is 7.11 Å². The molecule has 0 unspecified atom stereocenters. The third-order valence-corrected chi connectivity index (χ3v) is 3.98. The zero-order valence-electron chi connectivity index (χ0n) is 11.8. The first-order valence-electron chi connectivity index (χ1n) is 7.11. The van der Waals surface area contributed by atoms with E-state index in [1.807, 2.05) is 23.1 Å². The molecular weight excluding hydrogens is 252 g/mol. The number of methoxy groups -OCH3 is 1. The van der Waals surface area contributed by atoms with E-state index < -0.39 is 0 Å². The molecule has 1 N–H and O–H groups in total. The first kappa shape index (κ1) is 13.2. The van der Waals surface area contributed by atoms with Crippen LogP contribution in [0.15, 0.2) is 29.8 Å². The van der Waals surface area contributed by atoms with Gasteiger partial charge in [-0.15, -0.1) is 0 Å². The summed E-state index contributed by atoms with van der Waals surface area (Å²) in [6.07, 6.45) is 4.03. The molecule has 0 atom stereocenters. The Bertz CT molecular complexity index is 551. The Kier molecular flexibility index (Phi) is 3.74. The lowest BCUT2D eigenvalue weighted by Gasteiger charge is -2.26. The van der Waals surface area contributed by atoms with Gasteiger partial charge in [0.05, 0.1) is 6.61 Å². The normalized spacial score (nSPS) is 17.4. The molecule has 4 nitrogen and oxygen atoms in total. The van der Waals surface area contributed by atoms with Crippen LogP contribution in [0.1, 0.15) is 22.3 Å². The van der Waals surface area contributed by atoms with E-state index in [1.165, 1.54) is 16.8 Å². The molecule has 2 aliphatic heterocycles. The highest BCUT2D eigenvalue weighted by Crippen LogP contribution is 2.24. The van der Waals surface area contributed by atoms with Gasteiger partial charge in [-0.3, -0.25) is 4.79 Å². The van der Waals surface area contributed by atoms with Crippen molar-refractivity contribution in [3.8, 4) is 0 Å². The van der Waals surface area contributed by atoms with E-state index in [4.69, 9.17) is 4.74 Å². The zero-order valence-corrected chi connectivity index (χ0v) is 11.8. The van der Waals surface area contributed by atoms with Gasteiger partial charge >= 0.3 is 0 Å². The lowest BCUT2D eigenvalue weighted by atomic mass is 10.1. The van der Waals surface area contributed by atoms with Crippen molar-refractivity contribution in [3.63, 3.8) is 0 Å². The van der Waals surface area contributed by atoms with Crippen LogP contribution >= 0.6 is 0 Å². The Hall–Kier alpha value is -1.81. The highest BCUT2D eigenvalue weighted by atomic mass is 16.5. The van der Waals surface area contributed by atoms with Crippen molar-refractivity contribution in [2.24, 2.45) is 0 Å². The number of rotatable bonds is 3. The Morgan fingerprint density at radius 2 is 2.30 bits per heavy atom. The monoisotopic (exact) mass is 272 g/mol. The molecule has 0 bridgehead atoms. The number of anilines is 1. The van der Waals surface area contributed by atoms with Gasteiger partial charge in [-0.1, -0.05) is 6.08 Å². The Morgan fingerprint density at radius 3 is 3.05 bits per heavy atom. The average molecular weight is 272 g/mol. The molecule has 0 radical (unpaired) electrons. The molecule has 0 aliphatic carbocycles. The van der Waals surface area contributed by atoms with Crippen LogP contribution in [-0.2, 0) is 11.2 Å². The van der Waals surface area contributed by atoms with Gasteiger partial charge in [0.2, 0.25) is 0 Å². The molecule has 106 valence electrons. The van der Waals surface area contributed by atoms with Gasteiger partial charge in [0.1, 0.15) is 0 Å². The molecule has 0 aromatic heterocycles. The van der Waals surface area contributed by atoms with Gasteiger partial charge in [0.25, 0.3) is 5.91 Å². The van der Waals surface area contributed by atoms with E-state index in [-0.39, 0.29) is 5.91 Å². The van der Waals surface area contributed by atoms with Crippen LogP contribution in [0.5, 0.6) is 0 Å². The van der Waals surface area contributed by atoms with Crippen molar-refractivity contribution in [3.05, 3.63) is 41.0 Å². The van der Waals surface area contributed by atoms with Crippen molar-refractivity contribution in [1.82, 2.24) is 4.90 Å². The van der Waals surface area contributed by atoms with Gasteiger partial charge in [-0.25, -0.2) is 0 Å². The summed E-state index contributed by atoms with van der Waals surface area (Å²) in [5.41, 5.74) is 4.51. The summed E-state index contributed by atoms with van der Waals surface area (Å²) in [5.74, 6) is 0.132. The summed E-state index contributed by atoms with van der Waals surface area (Å²) in [7, 11) is 1.71. The second-order valence-corrected chi connectivity index (χ2v) is 5.35. The molecule has 0 saturated heterocycles. The van der Waals surface area contributed by atoms with Crippen LogP contribution in [-0.4, -0.2) is 44.2 Å². The predicted molar refractivity (Wildman–Crippen MR) is 79.1 cm³/mol. The first-order chi connectivity index (χ1) is 9.78. The van der Waals surface area contributed by atoms with Gasteiger partial charge in [0, 0.05) is 38.0 Å². The van der Waals surface area contributed by atoms with Crippen LogP contribution < -0.4 is 5.32 Å². The van der Waals surface area contributed by atoms with E-state index in [0.29, 0.717) is 13.2 Å². The largest absolute Gasteiger partial charge is 0.384 e. The summed E-state index contributed by atoms with van der Waals surface area (Å²) in [6.45, 7) is 3.11. The molecule has 3 rings (SSSR count). The fourth-order valence-electron chi connectivity index (χ4n) is 2.83. The highest BCUT2D eigenvalue weighted by Gasteiger charge is 2.20. The third-order valence-electron chi connectivity index (χ3n) is 3.98. The molecule has 2 heterocycles. The number of carbonyl (C=O) groups is 1. The minimum Gasteiger partial charge on any atom is -0.384 e. The summed E-state index contributed by atoms with van der Waals surface area (Å²) < 4.78 is 5.13. The molecule has 0 fully saturated rings. The number of benzene rings is 1. The van der Waals surface area contributed by atoms with Crippen molar-refractivity contribution >= 4 is 11.6 Å². The van der Waals surface area contributed by atoms with Crippen LogP contribution in [0.2, 0.25) is 0 Å². The van der Waals surface area contributed by atoms with Crippen LogP contribution in [0.3, 0.4) is 0 Å². The molecule has 1 amide bonds. The van der Waals surface area contributed by atoms with Gasteiger partial charge in [-0.05, 0) is 42.2 Å². The second kappa shape index (κ2) is 5.67. The van der Waals surface area contributed by atoms with Gasteiger partial charge in [-0.2, -0.15) is 0 Å². The van der Waals surface area contributed by atoms with E-state index >= 15 is 0 Å². The molecular formula is C16H20N2O2. The fourth-order valence-corrected chi connectivity index (χ4v) is 2.83. The van der Waals surface area contributed by atoms with E-state index in [9.17, 15) is 4.79 Å². The minimum atomic E-state index is 0.132. The molecule has 1 aromatic rings. The Morgan fingerprint density at radius 1 is 1.40 bits per heavy atom. The van der Waals surface area contributed by atoms with Gasteiger partial charge in [0.15, 0.2) is 0 Å². The standard InChI is InChI=1S/C16H20N2O2/c1-20-11-12-5-8-18(9-6-12)16(19)14-2-3-15-13(10-14)4-7-17-15/h2-3,5,10,17H,4,6-9,11H2,1H3. The van der Waals surface area contributed by atoms with Crippen molar-refractivity contribution < 1.29 is 9.53 Å². The maximum atomic E-state index is 12.5. The van der Waals surface area contributed by atoms with E-state index in [2.05, 4.69) is 11.4 Å². The molecule has 4 heteroatoms. The number of nitrogens with one attached hydrogen (secondary N) is 1. The molecule has 2 aliphatic rings. The summed E-state index contributed by atoms with van der Waals surface area (Å²) >= 11 is 0. The fraction of sp³-hybridized carbons (Fsp3) is 0.438. The number of hydrogen-bond acceptors (Lipinski definition) is 3. The number of hydrogen-bond donors (Lipinski definition) is 1. The summed E-state index contributed by atoms with van der Waals surface area (Å²) in [4.78, 5) is 14.4. The second-order valence-electron chi connectivity index (χ2n) is 5.35. The summed E-state index contributed by atoms with van der Waals surface area (Å²) in [5, 5.41) is 3.32. The van der Waals surface area contributed by atoms with Crippen LogP contribution in [0.4, 0.5) is 5.69 Å². The molecule has 0 spiro atoms. The summed E-state index contributed by atoms with van der Waals surface area (Å²) in [6, 6.07) is 5.98.